The standard InChI is InChI=1S/C18H24N2O3S/c1-19-16(21)8-7-15(18(22)20-9-11-24-12-10-20)17(19)13-3-5-14(23-2)6-4-13/h3-6,15,17H,7-12H2,1-2H3. The van der Waals surface area contributed by atoms with Crippen LogP contribution in [0.25, 0.3) is 0 Å². The average molecular weight is 348 g/mol. The van der Waals surface area contributed by atoms with Crippen LogP contribution >= 0.6 is 11.8 Å². The van der Waals surface area contributed by atoms with Crippen molar-refractivity contribution in [1.82, 2.24) is 9.80 Å². The first-order valence-electron chi connectivity index (χ1n) is 8.38. The van der Waals surface area contributed by atoms with Crippen molar-refractivity contribution >= 4 is 23.6 Å². The number of carbonyl (C=O) groups excluding carboxylic acids is 2. The molecule has 130 valence electrons. The molecule has 3 rings (SSSR count). The van der Waals surface area contributed by atoms with E-state index in [9.17, 15) is 9.59 Å². The number of hydrogen-bond donors (Lipinski definition) is 0. The average Bonchev–Trinajstić information content (AvgIpc) is 2.64. The highest BCUT2D eigenvalue weighted by atomic mass is 32.2. The SMILES string of the molecule is COc1ccc(C2C(C(=O)N3CCSCC3)CCC(=O)N2C)cc1. The molecule has 2 aliphatic rings. The lowest BCUT2D eigenvalue weighted by molar-refractivity contribution is -0.146. The van der Waals surface area contributed by atoms with Crippen LogP contribution in [0, 0.1) is 5.92 Å². The summed E-state index contributed by atoms with van der Waals surface area (Å²) < 4.78 is 5.22. The monoisotopic (exact) mass is 348 g/mol. The Bertz CT molecular complexity index is 599. The Morgan fingerprint density at radius 1 is 1.21 bits per heavy atom. The highest BCUT2D eigenvalue weighted by Gasteiger charge is 2.40. The van der Waals surface area contributed by atoms with Gasteiger partial charge < -0.3 is 14.5 Å². The topological polar surface area (TPSA) is 49.9 Å². The number of piperidine rings is 1. The van der Waals surface area contributed by atoms with Crippen molar-refractivity contribution in [2.75, 3.05) is 38.8 Å². The molecule has 2 atom stereocenters. The van der Waals surface area contributed by atoms with Crippen LogP contribution in [0.3, 0.4) is 0 Å². The molecular formula is C18H24N2O3S. The minimum absolute atomic E-state index is 0.106. The Labute approximate surface area is 147 Å². The first kappa shape index (κ1) is 17.1. The summed E-state index contributed by atoms with van der Waals surface area (Å²) in [4.78, 5) is 29.0. The minimum atomic E-state index is -0.195. The van der Waals surface area contributed by atoms with Gasteiger partial charge in [-0.1, -0.05) is 12.1 Å². The van der Waals surface area contributed by atoms with Gasteiger partial charge in [-0.05, 0) is 24.1 Å². The number of methoxy groups -OCH3 is 1. The van der Waals surface area contributed by atoms with Crippen LogP contribution < -0.4 is 4.74 Å². The molecule has 0 N–H and O–H groups in total. The van der Waals surface area contributed by atoms with Gasteiger partial charge in [0.15, 0.2) is 0 Å². The van der Waals surface area contributed by atoms with Crippen molar-refractivity contribution in [1.29, 1.82) is 0 Å². The van der Waals surface area contributed by atoms with Crippen molar-refractivity contribution in [2.45, 2.75) is 18.9 Å². The van der Waals surface area contributed by atoms with Crippen molar-refractivity contribution in [3.8, 4) is 5.75 Å². The maximum absolute atomic E-state index is 13.1. The number of thioether (sulfide) groups is 1. The van der Waals surface area contributed by atoms with Crippen LogP contribution in [0.5, 0.6) is 5.75 Å². The highest BCUT2D eigenvalue weighted by molar-refractivity contribution is 7.99. The zero-order valence-corrected chi connectivity index (χ0v) is 15.1. The number of amides is 2. The molecule has 1 aromatic rings. The molecule has 0 radical (unpaired) electrons. The molecule has 0 aromatic heterocycles. The zero-order chi connectivity index (χ0) is 17.1. The van der Waals surface area contributed by atoms with Crippen LogP contribution in [-0.4, -0.2) is 60.4 Å². The fourth-order valence-corrected chi connectivity index (χ4v) is 4.48. The summed E-state index contributed by atoms with van der Waals surface area (Å²) in [7, 11) is 3.44. The van der Waals surface area contributed by atoms with E-state index in [0.29, 0.717) is 12.8 Å². The van der Waals surface area contributed by atoms with Crippen LogP contribution in [0.15, 0.2) is 24.3 Å². The summed E-state index contributed by atoms with van der Waals surface area (Å²) in [6.07, 6.45) is 1.07. The first-order chi connectivity index (χ1) is 11.6. The van der Waals surface area contributed by atoms with Gasteiger partial charge in [0.2, 0.25) is 11.8 Å². The molecule has 0 saturated carbocycles. The lowest BCUT2D eigenvalue weighted by Crippen LogP contribution is -2.49. The second-order valence-corrected chi connectivity index (χ2v) is 7.53. The van der Waals surface area contributed by atoms with Crippen molar-refractivity contribution < 1.29 is 14.3 Å². The van der Waals surface area contributed by atoms with Gasteiger partial charge in [-0.3, -0.25) is 9.59 Å². The van der Waals surface area contributed by atoms with E-state index >= 15 is 0 Å². The number of rotatable bonds is 3. The predicted octanol–water partition coefficient (Wildman–Crippen LogP) is 2.18. The van der Waals surface area contributed by atoms with E-state index in [-0.39, 0.29) is 23.8 Å². The quantitative estimate of drug-likeness (QED) is 0.840. The molecule has 2 saturated heterocycles. The Morgan fingerprint density at radius 2 is 1.88 bits per heavy atom. The lowest BCUT2D eigenvalue weighted by Gasteiger charge is -2.41. The van der Waals surface area contributed by atoms with Gasteiger partial charge in [0, 0.05) is 38.1 Å². The molecular weight excluding hydrogens is 324 g/mol. The zero-order valence-electron chi connectivity index (χ0n) is 14.2. The summed E-state index contributed by atoms with van der Waals surface area (Å²) in [5.41, 5.74) is 0.996. The van der Waals surface area contributed by atoms with Gasteiger partial charge in [-0.15, -0.1) is 0 Å². The Hall–Kier alpha value is -1.69. The van der Waals surface area contributed by atoms with E-state index in [1.807, 2.05) is 48.0 Å². The van der Waals surface area contributed by atoms with Gasteiger partial charge in [0.25, 0.3) is 0 Å². The number of benzene rings is 1. The molecule has 6 heteroatoms. The van der Waals surface area contributed by atoms with E-state index in [2.05, 4.69) is 0 Å². The summed E-state index contributed by atoms with van der Waals surface area (Å²) in [6.45, 7) is 1.62. The number of ether oxygens (including phenoxy) is 1. The van der Waals surface area contributed by atoms with E-state index < -0.39 is 0 Å². The summed E-state index contributed by atoms with van der Waals surface area (Å²) in [6, 6.07) is 7.51. The van der Waals surface area contributed by atoms with Gasteiger partial charge >= 0.3 is 0 Å². The lowest BCUT2D eigenvalue weighted by atomic mass is 9.83. The largest absolute Gasteiger partial charge is 0.497 e. The van der Waals surface area contributed by atoms with Crippen LogP contribution in [0.1, 0.15) is 24.4 Å². The molecule has 2 unspecified atom stereocenters. The summed E-state index contributed by atoms with van der Waals surface area (Å²) in [5, 5.41) is 0. The molecule has 2 heterocycles. The van der Waals surface area contributed by atoms with E-state index in [0.717, 1.165) is 35.9 Å². The number of carbonyl (C=O) groups is 2. The smallest absolute Gasteiger partial charge is 0.228 e. The van der Waals surface area contributed by atoms with Gasteiger partial charge in [0.05, 0.1) is 19.1 Å². The molecule has 0 bridgehead atoms. The summed E-state index contributed by atoms with van der Waals surface area (Å²) in [5.74, 6) is 2.91. The molecule has 0 aliphatic carbocycles. The van der Waals surface area contributed by atoms with Crippen molar-refractivity contribution in [2.24, 2.45) is 5.92 Å². The number of nitrogens with zero attached hydrogens (tertiary/aromatic N) is 2. The molecule has 0 spiro atoms. The Balaban J connectivity index is 1.86. The van der Waals surface area contributed by atoms with E-state index in [1.165, 1.54) is 0 Å². The second kappa shape index (κ2) is 7.47. The summed E-state index contributed by atoms with van der Waals surface area (Å²) >= 11 is 1.89. The third-order valence-corrected chi connectivity index (χ3v) is 5.90. The molecule has 5 nitrogen and oxygen atoms in total. The number of likely N-dealkylation sites (tertiary alicyclic amines) is 1. The van der Waals surface area contributed by atoms with Crippen molar-refractivity contribution in [3.05, 3.63) is 29.8 Å². The Morgan fingerprint density at radius 3 is 2.50 bits per heavy atom. The number of hydrogen-bond acceptors (Lipinski definition) is 4. The minimum Gasteiger partial charge on any atom is -0.497 e. The molecule has 2 fully saturated rings. The fourth-order valence-electron chi connectivity index (χ4n) is 3.57. The van der Waals surface area contributed by atoms with Crippen LogP contribution in [-0.2, 0) is 9.59 Å². The van der Waals surface area contributed by atoms with Crippen LogP contribution in [0.4, 0.5) is 0 Å². The van der Waals surface area contributed by atoms with Gasteiger partial charge in [-0.25, -0.2) is 0 Å². The van der Waals surface area contributed by atoms with Gasteiger partial charge in [0.1, 0.15) is 5.75 Å². The Kier molecular flexibility index (Phi) is 5.33. The van der Waals surface area contributed by atoms with Crippen LogP contribution in [0.2, 0.25) is 0 Å². The fraction of sp³-hybridized carbons (Fsp3) is 0.556. The van der Waals surface area contributed by atoms with Crippen molar-refractivity contribution in [3.63, 3.8) is 0 Å². The maximum Gasteiger partial charge on any atom is 0.228 e. The third kappa shape index (κ3) is 3.38. The van der Waals surface area contributed by atoms with Gasteiger partial charge in [-0.2, -0.15) is 11.8 Å². The molecule has 2 aliphatic heterocycles. The maximum atomic E-state index is 13.1. The molecule has 1 aromatic carbocycles. The second-order valence-electron chi connectivity index (χ2n) is 6.31. The molecule has 24 heavy (non-hydrogen) atoms. The third-order valence-electron chi connectivity index (χ3n) is 4.96. The first-order valence-corrected chi connectivity index (χ1v) is 9.53. The normalized spacial score (nSPS) is 24.8. The molecule has 2 amide bonds. The van der Waals surface area contributed by atoms with E-state index in [4.69, 9.17) is 4.74 Å². The highest BCUT2D eigenvalue weighted by Crippen LogP contribution is 2.37. The predicted molar refractivity (Wildman–Crippen MR) is 95.1 cm³/mol. The van der Waals surface area contributed by atoms with E-state index in [1.54, 1.807) is 12.0 Å².